The van der Waals surface area contributed by atoms with Crippen molar-refractivity contribution in [3.8, 4) is 5.75 Å². The molecule has 0 aliphatic carbocycles. The van der Waals surface area contributed by atoms with Gasteiger partial charge in [0.15, 0.2) is 0 Å². The Morgan fingerprint density at radius 3 is 2.68 bits per heavy atom. The van der Waals surface area contributed by atoms with Crippen LogP contribution in [0.15, 0.2) is 54.2 Å². The second-order valence-electron chi connectivity index (χ2n) is 6.48. The highest BCUT2D eigenvalue weighted by Gasteiger charge is 2.43. The quantitative estimate of drug-likeness (QED) is 0.802. The number of allylic oxidation sites excluding steroid dienone is 2. The Balaban J connectivity index is 2.17. The smallest absolute Gasteiger partial charge is 0.123 e. The van der Waals surface area contributed by atoms with E-state index in [1.807, 2.05) is 18.2 Å². The molecule has 0 bridgehead atoms. The number of methoxy groups -OCH3 is 1. The van der Waals surface area contributed by atoms with Crippen molar-refractivity contribution in [2.75, 3.05) is 18.6 Å². The van der Waals surface area contributed by atoms with E-state index >= 15 is 0 Å². The Labute approximate surface area is 148 Å². The van der Waals surface area contributed by atoms with Gasteiger partial charge in [-0.1, -0.05) is 12.1 Å². The van der Waals surface area contributed by atoms with Crippen LogP contribution in [0.5, 0.6) is 5.75 Å². The molecule has 4 heteroatoms. The zero-order chi connectivity index (χ0) is 18.0. The van der Waals surface area contributed by atoms with E-state index in [0.29, 0.717) is 6.42 Å². The Hall–Kier alpha value is -2.62. The first-order valence-electron chi connectivity index (χ1n) is 8.45. The number of fused-ring (bicyclic) bond motifs is 1. The van der Waals surface area contributed by atoms with Crippen molar-refractivity contribution in [1.82, 2.24) is 0 Å². The summed E-state index contributed by atoms with van der Waals surface area (Å²) in [5, 5.41) is 7.60. The van der Waals surface area contributed by atoms with Crippen molar-refractivity contribution in [2.45, 2.75) is 25.7 Å². The summed E-state index contributed by atoms with van der Waals surface area (Å²) < 4.78 is 19.1. The molecule has 1 aliphatic heterocycles. The van der Waals surface area contributed by atoms with Gasteiger partial charge < -0.3 is 15.0 Å². The summed E-state index contributed by atoms with van der Waals surface area (Å²) in [4.78, 5) is 2.22. The van der Waals surface area contributed by atoms with Crippen LogP contribution in [0.2, 0.25) is 0 Å². The molecule has 1 unspecified atom stereocenters. The third kappa shape index (κ3) is 2.93. The van der Waals surface area contributed by atoms with E-state index in [4.69, 9.17) is 10.1 Å². The first-order chi connectivity index (χ1) is 12.0. The first kappa shape index (κ1) is 17.2. The molecular formula is C21H23FN2O. The van der Waals surface area contributed by atoms with Crippen LogP contribution in [0, 0.1) is 11.2 Å². The number of rotatable bonds is 5. The summed E-state index contributed by atoms with van der Waals surface area (Å²) in [6, 6.07) is 12.8. The minimum atomic E-state index is -0.356. The van der Waals surface area contributed by atoms with Gasteiger partial charge in [0.05, 0.1) is 7.11 Å². The van der Waals surface area contributed by atoms with Crippen LogP contribution in [0.1, 0.15) is 25.0 Å². The van der Waals surface area contributed by atoms with Crippen LogP contribution in [-0.2, 0) is 11.8 Å². The van der Waals surface area contributed by atoms with Gasteiger partial charge in [-0.05, 0) is 67.8 Å². The van der Waals surface area contributed by atoms with Crippen molar-refractivity contribution in [3.05, 3.63) is 71.2 Å². The molecule has 1 N–H and O–H groups in total. The SMILES string of the molecule is CCN1/C(=C\C=N)C(C)(Cc2cccc(F)c2)c2cc(OC)ccc21. The van der Waals surface area contributed by atoms with Crippen molar-refractivity contribution >= 4 is 11.9 Å². The predicted octanol–water partition coefficient (Wildman–Crippen LogP) is 4.71. The molecule has 25 heavy (non-hydrogen) atoms. The molecule has 3 rings (SSSR count). The molecule has 130 valence electrons. The third-order valence-corrected chi connectivity index (χ3v) is 4.95. The topological polar surface area (TPSA) is 36.3 Å². The Morgan fingerprint density at radius 1 is 1.24 bits per heavy atom. The molecule has 1 heterocycles. The van der Waals surface area contributed by atoms with E-state index in [1.165, 1.54) is 12.3 Å². The van der Waals surface area contributed by atoms with E-state index in [1.54, 1.807) is 19.2 Å². The molecule has 0 spiro atoms. The minimum Gasteiger partial charge on any atom is -0.497 e. The molecule has 3 nitrogen and oxygen atoms in total. The van der Waals surface area contributed by atoms with E-state index < -0.39 is 0 Å². The molecule has 1 aliphatic rings. The Bertz CT molecular complexity index is 830. The minimum absolute atomic E-state index is 0.227. The van der Waals surface area contributed by atoms with Crippen LogP contribution < -0.4 is 9.64 Å². The fourth-order valence-electron chi connectivity index (χ4n) is 3.82. The second-order valence-corrected chi connectivity index (χ2v) is 6.48. The Kier molecular flexibility index (Phi) is 4.62. The fraction of sp³-hybridized carbons (Fsp3) is 0.286. The Morgan fingerprint density at radius 2 is 2.04 bits per heavy atom. The molecule has 0 aromatic heterocycles. The normalized spacial score (nSPS) is 20.6. The molecular weight excluding hydrogens is 315 g/mol. The van der Waals surface area contributed by atoms with Crippen molar-refractivity contribution in [1.29, 1.82) is 5.41 Å². The largest absolute Gasteiger partial charge is 0.497 e. The van der Waals surface area contributed by atoms with Gasteiger partial charge in [0.25, 0.3) is 0 Å². The monoisotopic (exact) mass is 338 g/mol. The summed E-state index contributed by atoms with van der Waals surface area (Å²) in [5.41, 5.74) is 3.90. The van der Waals surface area contributed by atoms with Gasteiger partial charge >= 0.3 is 0 Å². The molecule has 2 aromatic rings. The number of halogens is 1. The van der Waals surface area contributed by atoms with E-state index in [0.717, 1.165) is 34.8 Å². The maximum atomic E-state index is 13.7. The average molecular weight is 338 g/mol. The van der Waals surface area contributed by atoms with E-state index in [2.05, 4.69) is 30.9 Å². The zero-order valence-corrected chi connectivity index (χ0v) is 14.8. The van der Waals surface area contributed by atoms with Gasteiger partial charge in [-0.15, -0.1) is 0 Å². The van der Waals surface area contributed by atoms with Crippen molar-refractivity contribution < 1.29 is 9.13 Å². The molecule has 1 atom stereocenters. The molecule has 0 saturated heterocycles. The molecule has 2 aromatic carbocycles. The van der Waals surface area contributed by atoms with Gasteiger partial charge in [0, 0.05) is 29.6 Å². The lowest BCUT2D eigenvalue weighted by Crippen LogP contribution is -2.30. The molecule has 0 amide bonds. The van der Waals surface area contributed by atoms with Crippen LogP contribution in [0.25, 0.3) is 0 Å². The number of ether oxygens (including phenoxy) is 1. The lowest BCUT2D eigenvalue weighted by molar-refractivity contribution is 0.413. The number of anilines is 1. The van der Waals surface area contributed by atoms with Gasteiger partial charge in [-0.2, -0.15) is 0 Å². The highest BCUT2D eigenvalue weighted by molar-refractivity contribution is 5.79. The molecule has 0 fully saturated rings. The number of nitrogens with one attached hydrogen (secondary N) is 1. The van der Waals surface area contributed by atoms with Gasteiger partial charge in [-0.3, -0.25) is 0 Å². The maximum Gasteiger partial charge on any atom is 0.123 e. The zero-order valence-electron chi connectivity index (χ0n) is 14.8. The van der Waals surface area contributed by atoms with Crippen molar-refractivity contribution in [2.24, 2.45) is 0 Å². The van der Waals surface area contributed by atoms with Crippen LogP contribution in [0.3, 0.4) is 0 Å². The summed E-state index contributed by atoms with van der Waals surface area (Å²) in [6.45, 7) is 5.05. The number of benzene rings is 2. The third-order valence-electron chi connectivity index (χ3n) is 4.95. The van der Waals surface area contributed by atoms with Gasteiger partial charge in [0.2, 0.25) is 0 Å². The predicted molar refractivity (Wildman–Crippen MR) is 100 cm³/mol. The van der Waals surface area contributed by atoms with Crippen LogP contribution in [0.4, 0.5) is 10.1 Å². The fourth-order valence-corrected chi connectivity index (χ4v) is 3.82. The summed E-state index contributed by atoms with van der Waals surface area (Å²) >= 11 is 0. The highest BCUT2D eigenvalue weighted by atomic mass is 19.1. The maximum absolute atomic E-state index is 13.7. The van der Waals surface area contributed by atoms with Crippen molar-refractivity contribution in [3.63, 3.8) is 0 Å². The standard InChI is InChI=1S/C21H23FN2O/c1-4-24-19-9-8-17(25-3)13-18(19)21(2,20(24)10-11-23)14-15-6-5-7-16(22)12-15/h5-13,23H,4,14H2,1-3H3/b20-10-,23-11?. The summed E-state index contributed by atoms with van der Waals surface area (Å²) in [7, 11) is 1.66. The van der Waals surface area contributed by atoms with Gasteiger partial charge in [-0.25, -0.2) is 4.39 Å². The first-order valence-corrected chi connectivity index (χ1v) is 8.45. The lowest BCUT2D eigenvalue weighted by atomic mass is 9.76. The summed E-state index contributed by atoms with van der Waals surface area (Å²) in [5.74, 6) is 0.575. The molecule has 0 radical (unpaired) electrons. The highest BCUT2D eigenvalue weighted by Crippen LogP contribution is 2.50. The molecule has 0 saturated carbocycles. The van der Waals surface area contributed by atoms with E-state index in [9.17, 15) is 4.39 Å². The number of hydrogen-bond acceptors (Lipinski definition) is 3. The number of nitrogens with zero attached hydrogens (tertiary/aromatic N) is 1. The summed E-state index contributed by atoms with van der Waals surface area (Å²) in [6.07, 6.45) is 3.82. The number of hydrogen-bond donors (Lipinski definition) is 1. The van der Waals surface area contributed by atoms with Crippen LogP contribution in [-0.4, -0.2) is 19.9 Å². The lowest BCUT2D eigenvalue weighted by Gasteiger charge is -2.30. The number of likely N-dealkylation sites (N-methyl/N-ethyl adjacent to an activating group) is 1. The van der Waals surface area contributed by atoms with Gasteiger partial charge in [0.1, 0.15) is 11.6 Å². The second kappa shape index (κ2) is 6.71. The van der Waals surface area contributed by atoms with Crippen LogP contribution >= 0.6 is 0 Å². The average Bonchev–Trinajstić information content (AvgIpc) is 2.83. The van der Waals surface area contributed by atoms with E-state index in [-0.39, 0.29) is 11.2 Å².